The summed E-state index contributed by atoms with van der Waals surface area (Å²) in [7, 11) is -4.70. The number of nitrogens with two attached hydrogens (primary N) is 1. The Balaban J connectivity index is -0.00000337. The molecule has 0 aliphatic rings. The summed E-state index contributed by atoms with van der Waals surface area (Å²) in [6.07, 6.45) is 24.6. The quantitative estimate of drug-likeness (QED) is 0.0231. The molecule has 0 aromatic heterocycles. The van der Waals surface area contributed by atoms with E-state index in [4.69, 9.17) is 24.8 Å². The van der Waals surface area contributed by atoms with Crippen molar-refractivity contribution >= 4 is 25.7 Å². The number of unbranched alkanes of at least 4 members (excludes halogenated alkanes) is 20. The third kappa shape index (κ3) is 38.2. The summed E-state index contributed by atoms with van der Waals surface area (Å²) in [5.74, 6) is -2.37. The molecule has 0 radical (unpaired) electrons. The average Bonchev–Trinajstić information content (AvgIpc) is 3.02. The zero-order valence-electron chi connectivity index (χ0n) is 30.7. The van der Waals surface area contributed by atoms with E-state index in [-0.39, 0.29) is 52.8 Å². The van der Waals surface area contributed by atoms with Crippen LogP contribution in [0.3, 0.4) is 0 Å². The van der Waals surface area contributed by atoms with Gasteiger partial charge >= 0.3 is 25.7 Å². The average molecular weight is 909 g/mol. The first kappa shape index (κ1) is 54.9. The Morgan fingerprint density at radius 3 is 1.33 bits per heavy atom. The first-order valence-electron chi connectivity index (χ1n) is 18.1. The molecule has 0 saturated heterocycles. The van der Waals surface area contributed by atoms with Gasteiger partial charge in [-0.05, 0) is 12.8 Å². The van der Waals surface area contributed by atoms with Crippen LogP contribution in [0.1, 0.15) is 168 Å². The van der Waals surface area contributed by atoms with E-state index in [1.807, 2.05) is 0 Å². The largest absolute Gasteiger partial charge is 0.480 e. The van der Waals surface area contributed by atoms with E-state index >= 15 is 0 Å². The van der Waals surface area contributed by atoms with E-state index < -0.39 is 51.1 Å². The predicted molar refractivity (Wildman–Crippen MR) is 190 cm³/mol. The molecule has 0 rings (SSSR count). The Morgan fingerprint density at radius 1 is 0.592 bits per heavy atom. The first-order valence-corrected chi connectivity index (χ1v) is 19.6. The number of phosphoric ester groups is 1. The van der Waals surface area contributed by atoms with Gasteiger partial charge in [0.1, 0.15) is 12.6 Å². The maximum absolute atomic E-state index is 12.5. The van der Waals surface area contributed by atoms with Gasteiger partial charge in [0.05, 0.1) is 13.2 Å². The van der Waals surface area contributed by atoms with E-state index in [0.717, 1.165) is 38.5 Å². The van der Waals surface area contributed by atoms with Crippen molar-refractivity contribution in [3.05, 3.63) is 0 Å². The minimum Gasteiger partial charge on any atom is -0.480 e. The molecule has 0 aliphatic heterocycles. The van der Waals surface area contributed by atoms with E-state index in [9.17, 15) is 23.8 Å². The molecule has 298 valence electrons. The summed E-state index contributed by atoms with van der Waals surface area (Å²) in [5.41, 5.74) is 5.30. The standard InChI is InChI=1S/C34H66NO10P.2H3N.Pt/c1-3-5-7-9-11-13-15-17-19-21-23-25-32(36)42-27-30(28-43-46(40,41)44-29-31(35)34(38)39)45-33(37)26-24-22-20-18-16-14-12-10-8-6-4-2;;;/h30-31H,3-29,35H2,1-2H3,(H,38,39)(H,40,41);2*1H3;/t30?,31-;;;/m0.../s1. The van der Waals surface area contributed by atoms with Gasteiger partial charge in [0.25, 0.3) is 0 Å². The maximum Gasteiger partial charge on any atom is 0.472 e. The molecule has 0 aromatic carbocycles. The van der Waals surface area contributed by atoms with Gasteiger partial charge in [0.2, 0.25) is 0 Å². The summed E-state index contributed by atoms with van der Waals surface area (Å²) < 4.78 is 32.5. The number of phosphoric acid groups is 1. The summed E-state index contributed by atoms with van der Waals surface area (Å²) in [4.78, 5) is 45.6. The Hall–Kier alpha value is -0.912. The maximum atomic E-state index is 12.5. The zero-order valence-corrected chi connectivity index (χ0v) is 33.8. The van der Waals surface area contributed by atoms with Crippen molar-refractivity contribution in [1.29, 1.82) is 0 Å². The van der Waals surface area contributed by atoms with Crippen LogP contribution in [0.4, 0.5) is 0 Å². The fourth-order valence-electron chi connectivity index (χ4n) is 4.95. The van der Waals surface area contributed by atoms with E-state index in [1.54, 1.807) is 0 Å². The van der Waals surface area contributed by atoms with Crippen LogP contribution >= 0.6 is 7.82 Å². The fraction of sp³-hybridized carbons (Fsp3) is 0.912. The van der Waals surface area contributed by atoms with Gasteiger partial charge in [-0.2, -0.15) is 0 Å². The molecule has 0 aliphatic carbocycles. The molecular formula is C34H72N3O10PPt. The van der Waals surface area contributed by atoms with Crippen molar-refractivity contribution in [2.75, 3.05) is 19.8 Å². The molecule has 0 fully saturated rings. The van der Waals surface area contributed by atoms with Crippen LogP contribution in [0.2, 0.25) is 0 Å². The van der Waals surface area contributed by atoms with Gasteiger partial charge in [-0.25, -0.2) is 4.57 Å². The summed E-state index contributed by atoms with van der Waals surface area (Å²) >= 11 is 0. The van der Waals surface area contributed by atoms with Crippen molar-refractivity contribution in [3.8, 4) is 0 Å². The number of esters is 2. The van der Waals surface area contributed by atoms with Crippen LogP contribution in [-0.4, -0.2) is 59.9 Å². The van der Waals surface area contributed by atoms with E-state index in [2.05, 4.69) is 18.4 Å². The van der Waals surface area contributed by atoms with Gasteiger partial charge in [-0.1, -0.05) is 142 Å². The number of ether oxygens (including phenoxy) is 2. The molecule has 0 spiro atoms. The third-order valence-electron chi connectivity index (χ3n) is 7.86. The van der Waals surface area contributed by atoms with E-state index in [1.165, 1.54) is 89.9 Å². The van der Waals surface area contributed by atoms with Crippen molar-refractivity contribution in [1.82, 2.24) is 12.3 Å². The molecule has 0 aromatic rings. The van der Waals surface area contributed by atoms with Gasteiger partial charge in [0, 0.05) is 33.9 Å². The number of carboxylic acids is 1. The second-order valence-electron chi connectivity index (χ2n) is 12.4. The Kier molecular flexibility index (Phi) is 42.9. The molecule has 0 amide bonds. The Labute approximate surface area is 311 Å². The fourth-order valence-corrected chi connectivity index (χ4v) is 5.72. The number of carboxylic acid groups (broad SMARTS) is 1. The number of carbonyl (C=O) groups excluding carboxylic acids is 2. The second kappa shape index (κ2) is 38.3. The van der Waals surface area contributed by atoms with Crippen molar-refractivity contribution in [3.63, 3.8) is 0 Å². The van der Waals surface area contributed by atoms with Crippen LogP contribution < -0.4 is 18.0 Å². The molecular weight excluding hydrogens is 836 g/mol. The monoisotopic (exact) mass is 908 g/mol. The summed E-state index contributed by atoms with van der Waals surface area (Å²) in [6.45, 7) is 2.77. The first-order chi connectivity index (χ1) is 22.1. The summed E-state index contributed by atoms with van der Waals surface area (Å²) in [6, 6.07) is -1.51. The molecule has 0 heterocycles. The topological polar surface area (TPSA) is 242 Å². The Morgan fingerprint density at radius 2 is 0.939 bits per heavy atom. The number of hydrogen-bond donors (Lipinski definition) is 5. The van der Waals surface area contributed by atoms with Crippen LogP contribution in [0, 0.1) is 0 Å². The van der Waals surface area contributed by atoms with Crippen molar-refractivity contribution in [2.45, 2.75) is 180 Å². The number of hydrogen-bond acceptors (Lipinski definition) is 11. The van der Waals surface area contributed by atoms with Gasteiger partial charge in [0.15, 0.2) is 6.10 Å². The van der Waals surface area contributed by atoms with Crippen LogP contribution in [-0.2, 0) is 58.5 Å². The van der Waals surface area contributed by atoms with Gasteiger partial charge < -0.3 is 37.5 Å². The molecule has 3 atom stereocenters. The van der Waals surface area contributed by atoms with Crippen LogP contribution in [0.5, 0.6) is 0 Å². The second-order valence-corrected chi connectivity index (χ2v) is 13.8. The smallest absolute Gasteiger partial charge is 0.472 e. The SMILES string of the molecule is CCCCCCCCCCCCCC(=O)OCC(COP(=O)(O)OC[C@H](N)C(=O)O)OC(=O)CCCCCCCCCCCCC.N.N.[Pt]. The predicted octanol–water partition coefficient (Wildman–Crippen LogP) is 8.71. The molecule has 0 bridgehead atoms. The zero-order chi connectivity index (χ0) is 34.3. The van der Waals surface area contributed by atoms with E-state index in [0.29, 0.717) is 12.8 Å². The minimum atomic E-state index is -4.70. The molecule has 13 nitrogen and oxygen atoms in total. The Bertz CT molecular complexity index is 829. The van der Waals surface area contributed by atoms with Crippen LogP contribution in [0.25, 0.3) is 0 Å². The minimum absolute atomic E-state index is 0. The molecule has 0 saturated carbocycles. The molecule has 10 N–H and O–H groups in total. The van der Waals surface area contributed by atoms with Crippen molar-refractivity contribution in [2.24, 2.45) is 5.73 Å². The third-order valence-corrected chi connectivity index (χ3v) is 8.81. The molecule has 2 unspecified atom stereocenters. The number of carbonyl (C=O) groups is 3. The van der Waals surface area contributed by atoms with Crippen LogP contribution in [0.15, 0.2) is 0 Å². The normalized spacial score (nSPS) is 13.1. The molecule has 49 heavy (non-hydrogen) atoms. The molecule has 15 heteroatoms. The van der Waals surface area contributed by atoms with Gasteiger partial charge in [-0.3, -0.25) is 23.4 Å². The summed E-state index contributed by atoms with van der Waals surface area (Å²) in [5, 5.41) is 8.83. The van der Waals surface area contributed by atoms with Crippen molar-refractivity contribution < 1.29 is 68.5 Å². The van der Waals surface area contributed by atoms with Gasteiger partial charge in [-0.15, -0.1) is 0 Å². The number of aliphatic carboxylic acids is 1. The number of rotatable bonds is 34.